The van der Waals surface area contributed by atoms with Crippen molar-refractivity contribution in [3.05, 3.63) is 0 Å². The average molecular weight is 236 g/mol. The Labute approximate surface area is 106 Å². The molecule has 3 aliphatic rings. The Balaban J connectivity index is 1.39. The highest BCUT2D eigenvalue weighted by Crippen LogP contribution is 2.58. The first-order valence-electron chi connectivity index (χ1n) is 7.58. The Morgan fingerprint density at radius 2 is 1.88 bits per heavy atom. The molecule has 0 amide bonds. The van der Waals surface area contributed by atoms with Gasteiger partial charge in [-0.15, -0.1) is 0 Å². The summed E-state index contributed by atoms with van der Waals surface area (Å²) in [4.78, 5) is 0. The molecule has 0 aromatic rings. The van der Waals surface area contributed by atoms with Gasteiger partial charge in [0.1, 0.15) is 0 Å². The van der Waals surface area contributed by atoms with Crippen LogP contribution in [0.2, 0.25) is 0 Å². The van der Waals surface area contributed by atoms with Crippen LogP contribution in [0.1, 0.15) is 46.0 Å². The predicted octanol–water partition coefficient (Wildman–Crippen LogP) is 2.40. The fraction of sp³-hybridized carbons (Fsp3) is 1.00. The van der Waals surface area contributed by atoms with E-state index < -0.39 is 0 Å². The Kier molecular flexibility index (Phi) is 2.99. The zero-order valence-corrected chi connectivity index (χ0v) is 11.5. The molecule has 2 N–H and O–H groups in total. The summed E-state index contributed by atoms with van der Waals surface area (Å²) in [7, 11) is 0. The van der Waals surface area contributed by atoms with Crippen molar-refractivity contribution in [3.8, 4) is 0 Å². The molecule has 2 saturated carbocycles. The maximum Gasteiger partial charge on any atom is 0.00104 e. The Bertz CT molecular complexity index is 275. The van der Waals surface area contributed by atoms with Crippen molar-refractivity contribution in [1.29, 1.82) is 0 Å². The van der Waals surface area contributed by atoms with Gasteiger partial charge in [-0.3, -0.25) is 0 Å². The number of piperidine rings is 1. The third-order valence-electron chi connectivity index (χ3n) is 5.94. The van der Waals surface area contributed by atoms with E-state index in [1.807, 2.05) is 0 Å². The summed E-state index contributed by atoms with van der Waals surface area (Å²) in [6.45, 7) is 9.85. The van der Waals surface area contributed by atoms with Crippen LogP contribution < -0.4 is 10.6 Å². The highest BCUT2D eigenvalue weighted by Gasteiger charge is 2.53. The fourth-order valence-corrected chi connectivity index (χ4v) is 3.87. The lowest BCUT2D eigenvalue weighted by Crippen LogP contribution is -2.33. The Hall–Kier alpha value is -0.0800. The van der Waals surface area contributed by atoms with Crippen molar-refractivity contribution < 1.29 is 0 Å². The molecule has 0 aromatic heterocycles. The van der Waals surface area contributed by atoms with Gasteiger partial charge in [-0.1, -0.05) is 13.8 Å². The van der Waals surface area contributed by atoms with Gasteiger partial charge >= 0.3 is 0 Å². The van der Waals surface area contributed by atoms with Gasteiger partial charge in [0.2, 0.25) is 0 Å². The number of nitrogens with one attached hydrogen (secondary N) is 2. The molecule has 1 heterocycles. The average Bonchev–Trinajstić information content (AvgIpc) is 3.20. The van der Waals surface area contributed by atoms with Crippen molar-refractivity contribution >= 4 is 0 Å². The summed E-state index contributed by atoms with van der Waals surface area (Å²) in [6, 6.07) is 0. The summed E-state index contributed by atoms with van der Waals surface area (Å²) in [6.07, 6.45) is 7.26. The van der Waals surface area contributed by atoms with Crippen LogP contribution in [0.5, 0.6) is 0 Å². The topological polar surface area (TPSA) is 24.1 Å². The standard InChI is InChI=1S/C15H28N2/c1-12(2)15(3-4-15)11-17-10-13-9-14(13)5-7-16-8-6-14/h12-13,16-17H,3-11H2,1-2H3. The van der Waals surface area contributed by atoms with Gasteiger partial charge in [-0.25, -0.2) is 0 Å². The molecule has 1 unspecified atom stereocenters. The second kappa shape index (κ2) is 4.24. The molecule has 0 radical (unpaired) electrons. The van der Waals surface area contributed by atoms with E-state index in [9.17, 15) is 0 Å². The Morgan fingerprint density at radius 3 is 2.47 bits per heavy atom. The minimum atomic E-state index is 0.677. The van der Waals surface area contributed by atoms with Crippen molar-refractivity contribution in [2.24, 2.45) is 22.7 Å². The fourth-order valence-electron chi connectivity index (χ4n) is 3.87. The molecule has 2 heteroatoms. The lowest BCUT2D eigenvalue weighted by molar-refractivity contribution is 0.302. The molecule has 2 nitrogen and oxygen atoms in total. The Morgan fingerprint density at radius 1 is 1.18 bits per heavy atom. The maximum atomic E-state index is 3.78. The minimum Gasteiger partial charge on any atom is -0.317 e. The third kappa shape index (κ3) is 2.26. The highest BCUT2D eigenvalue weighted by atomic mass is 14.9. The minimum absolute atomic E-state index is 0.677. The normalized spacial score (nSPS) is 33.0. The van der Waals surface area contributed by atoms with Crippen LogP contribution in [0.4, 0.5) is 0 Å². The molecule has 0 bridgehead atoms. The largest absolute Gasteiger partial charge is 0.317 e. The van der Waals surface area contributed by atoms with E-state index in [1.54, 1.807) is 0 Å². The SMILES string of the molecule is CC(C)C1(CNCC2CC23CCNCC3)CC1. The van der Waals surface area contributed by atoms with Crippen LogP contribution in [0.3, 0.4) is 0 Å². The summed E-state index contributed by atoms with van der Waals surface area (Å²) >= 11 is 0. The van der Waals surface area contributed by atoms with Crippen LogP contribution in [0, 0.1) is 22.7 Å². The second-order valence-electron chi connectivity index (χ2n) is 7.16. The van der Waals surface area contributed by atoms with Crippen LogP contribution in [-0.2, 0) is 0 Å². The summed E-state index contributed by atoms with van der Waals surface area (Å²) in [5, 5.41) is 7.27. The lowest BCUT2D eigenvalue weighted by Gasteiger charge is -2.24. The quantitative estimate of drug-likeness (QED) is 0.766. The van der Waals surface area contributed by atoms with E-state index in [1.165, 1.54) is 58.3 Å². The van der Waals surface area contributed by atoms with Crippen molar-refractivity contribution in [2.75, 3.05) is 26.2 Å². The predicted molar refractivity (Wildman–Crippen MR) is 72.0 cm³/mol. The zero-order chi connectivity index (χ0) is 11.9. The molecule has 3 rings (SSSR count). The first-order chi connectivity index (χ1) is 8.17. The van der Waals surface area contributed by atoms with E-state index >= 15 is 0 Å². The first kappa shape index (κ1) is 12.0. The molecular formula is C15H28N2. The van der Waals surface area contributed by atoms with Gasteiger partial charge in [0.15, 0.2) is 0 Å². The monoisotopic (exact) mass is 236 g/mol. The smallest absolute Gasteiger partial charge is 0.00104 e. The molecule has 1 saturated heterocycles. The molecule has 98 valence electrons. The molecule has 1 spiro atoms. The van der Waals surface area contributed by atoms with Crippen molar-refractivity contribution in [3.63, 3.8) is 0 Å². The van der Waals surface area contributed by atoms with Crippen molar-refractivity contribution in [1.82, 2.24) is 10.6 Å². The molecule has 2 aliphatic carbocycles. The second-order valence-corrected chi connectivity index (χ2v) is 7.16. The van der Waals surface area contributed by atoms with E-state index in [0.29, 0.717) is 5.41 Å². The van der Waals surface area contributed by atoms with Gasteiger partial charge in [-0.2, -0.15) is 0 Å². The molecular weight excluding hydrogens is 208 g/mol. The number of hydrogen-bond acceptors (Lipinski definition) is 2. The summed E-state index contributed by atoms with van der Waals surface area (Å²) in [5.74, 6) is 1.86. The zero-order valence-electron chi connectivity index (χ0n) is 11.5. The van der Waals surface area contributed by atoms with Gasteiger partial charge in [0, 0.05) is 6.54 Å². The van der Waals surface area contributed by atoms with Crippen LogP contribution in [0.25, 0.3) is 0 Å². The van der Waals surface area contributed by atoms with E-state index in [2.05, 4.69) is 24.5 Å². The van der Waals surface area contributed by atoms with Gasteiger partial charge in [-0.05, 0) is 74.4 Å². The van der Waals surface area contributed by atoms with Crippen LogP contribution in [-0.4, -0.2) is 26.2 Å². The molecule has 1 atom stereocenters. The molecule has 3 fully saturated rings. The third-order valence-corrected chi connectivity index (χ3v) is 5.94. The van der Waals surface area contributed by atoms with Crippen LogP contribution >= 0.6 is 0 Å². The molecule has 0 aromatic carbocycles. The van der Waals surface area contributed by atoms with Gasteiger partial charge < -0.3 is 10.6 Å². The molecule has 1 aliphatic heterocycles. The number of rotatable bonds is 5. The first-order valence-corrected chi connectivity index (χ1v) is 7.58. The van der Waals surface area contributed by atoms with Gasteiger partial charge in [0.25, 0.3) is 0 Å². The lowest BCUT2D eigenvalue weighted by atomic mass is 9.91. The van der Waals surface area contributed by atoms with Crippen molar-refractivity contribution in [2.45, 2.75) is 46.0 Å². The maximum absolute atomic E-state index is 3.78. The summed E-state index contributed by atoms with van der Waals surface area (Å²) in [5.41, 5.74) is 1.43. The summed E-state index contributed by atoms with van der Waals surface area (Å²) < 4.78 is 0. The van der Waals surface area contributed by atoms with Crippen LogP contribution in [0.15, 0.2) is 0 Å². The highest BCUT2D eigenvalue weighted by molar-refractivity contribution is 5.05. The molecule has 17 heavy (non-hydrogen) atoms. The van der Waals surface area contributed by atoms with E-state index in [0.717, 1.165) is 17.3 Å². The number of hydrogen-bond donors (Lipinski definition) is 2. The van der Waals surface area contributed by atoms with Gasteiger partial charge in [0.05, 0.1) is 0 Å². The van der Waals surface area contributed by atoms with E-state index in [4.69, 9.17) is 0 Å². The van der Waals surface area contributed by atoms with E-state index in [-0.39, 0.29) is 0 Å².